The molecule has 0 heterocycles. The SMILES string of the molecule is CCOC(=O)c1ccc(N(Cc2ccc(Cl)cc2Cl)C(=O)/C=C/c2cccc([N+](=O)[O-])c2)cc1. The molecule has 0 aliphatic heterocycles. The molecule has 0 atom stereocenters. The van der Waals surface area contributed by atoms with Gasteiger partial charge in [0.05, 0.1) is 23.6 Å². The maximum Gasteiger partial charge on any atom is 0.338 e. The lowest BCUT2D eigenvalue weighted by Gasteiger charge is -2.22. The van der Waals surface area contributed by atoms with Gasteiger partial charge in [-0.1, -0.05) is 41.4 Å². The van der Waals surface area contributed by atoms with Gasteiger partial charge in [-0.3, -0.25) is 14.9 Å². The normalized spacial score (nSPS) is 10.8. The second kappa shape index (κ2) is 11.4. The molecule has 1 amide bonds. The summed E-state index contributed by atoms with van der Waals surface area (Å²) >= 11 is 12.3. The van der Waals surface area contributed by atoms with E-state index >= 15 is 0 Å². The molecule has 0 N–H and O–H groups in total. The van der Waals surface area contributed by atoms with Crippen molar-refractivity contribution in [3.63, 3.8) is 0 Å². The molecule has 174 valence electrons. The van der Waals surface area contributed by atoms with Gasteiger partial charge in [-0.2, -0.15) is 0 Å². The van der Waals surface area contributed by atoms with E-state index in [9.17, 15) is 19.7 Å². The maximum atomic E-state index is 13.2. The zero-order valence-corrected chi connectivity index (χ0v) is 19.6. The monoisotopic (exact) mass is 498 g/mol. The van der Waals surface area contributed by atoms with Crippen molar-refractivity contribution < 1.29 is 19.2 Å². The Morgan fingerprint density at radius 1 is 1.06 bits per heavy atom. The van der Waals surface area contributed by atoms with Crippen LogP contribution in [-0.2, 0) is 16.1 Å². The third-order valence-corrected chi connectivity index (χ3v) is 5.39. The van der Waals surface area contributed by atoms with Crippen LogP contribution in [0, 0.1) is 10.1 Å². The molecule has 3 rings (SSSR count). The molecule has 0 fully saturated rings. The summed E-state index contributed by atoms with van der Waals surface area (Å²) in [7, 11) is 0. The molecule has 0 aromatic heterocycles. The lowest BCUT2D eigenvalue weighted by molar-refractivity contribution is -0.384. The largest absolute Gasteiger partial charge is 0.462 e. The van der Waals surface area contributed by atoms with Gasteiger partial charge in [0, 0.05) is 33.9 Å². The number of non-ortho nitro benzene ring substituents is 1. The number of rotatable bonds is 8. The Bertz CT molecular complexity index is 1240. The van der Waals surface area contributed by atoms with E-state index in [0.717, 1.165) is 0 Å². The van der Waals surface area contributed by atoms with Gasteiger partial charge in [-0.05, 0) is 60.5 Å². The average molecular weight is 499 g/mol. The van der Waals surface area contributed by atoms with E-state index < -0.39 is 10.9 Å². The van der Waals surface area contributed by atoms with Crippen LogP contribution in [-0.4, -0.2) is 23.4 Å². The molecule has 3 aromatic rings. The highest BCUT2D eigenvalue weighted by Gasteiger charge is 2.17. The minimum absolute atomic E-state index is 0.0750. The van der Waals surface area contributed by atoms with Crippen molar-refractivity contribution in [2.24, 2.45) is 0 Å². The number of amides is 1. The van der Waals surface area contributed by atoms with Crippen molar-refractivity contribution in [3.05, 3.63) is 110 Å². The van der Waals surface area contributed by atoms with E-state index in [1.54, 1.807) is 61.5 Å². The standard InChI is InChI=1S/C25H20Cl2N2O5/c1-2-34-25(31)18-8-11-21(12-9-18)28(16-19-7-10-20(26)15-23(19)27)24(30)13-6-17-4-3-5-22(14-17)29(32)33/h3-15H,2,16H2,1H3/b13-6+. The van der Waals surface area contributed by atoms with Crippen LogP contribution in [0.1, 0.15) is 28.4 Å². The number of nitrogens with zero attached hydrogens (tertiary/aromatic N) is 2. The Morgan fingerprint density at radius 3 is 2.44 bits per heavy atom. The topological polar surface area (TPSA) is 89.8 Å². The molecule has 3 aromatic carbocycles. The number of ether oxygens (including phenoxy) is 1. The highest BCUT2D eigenvalue weighted by molar-refractivity contribution is 6.35. The number of esters is 1. The second-order valence-corrected chi connectivity index (χ2v) is 7.96. The number of benzene rings is 3. The van der Waals surface area contributed by atoms with Crippen LogP contribution in [0.5, 0.6) is 0 Å². The number of carbonyl (C=O) groups is 2. The number of nitro benzene ring substituents is 1. The molecular formula is C25H20Cl2N2O5. The van der Waals surface area contributed by atoms with E-state index in [4.69, 9.17) is 27.9 Å². The van der Waals surface area contributed by atoms with Gasteiger partial charge in [-0.25, -0.2) is 4.79 Å². The minimum Gasteiger partial charge on any atom is -0.462 e. The summed E-state index contributed by atoms with van der Waals surface area (Å²) < 4.78 is 5.00. The molecule has 0 spiro atoms. The number of nitro groups is 1. The number of hydrogen-bond acceptors (Lipinski definition) is 5. The molecule has 0 aliphatic carbocycles. The summed E-state index contributed by atoms with van der Waals surface area (Å²) in [6.07, 6.45) is 2.82. The zero-order valence-electron chi connectivity index (χ0n) is 18.1. The van der Waals surface area contributed by atoms with Crippen molar-refractivity contribution in [1.82, 2.24) is 0 Å². The first-order valence-corrected chi connectivity index (χ1v) is 11.0. The lowest BCUT2D eigenvalue weighted by atomic mass is 10.1. The van der Waals surface area contributed by atoms with E-state index in [2.05, 4.69) is 0 Å². The van der Waals surface area contributed by atoms with Gasteiger partial charge >= 0.3 is 5.97 Å². The summed E-state index contributed by atoms with van der Waals surface area (Å²) in [4.78, 5) is 37.1. The Balaban J connectivity index is 1.92. The second-order valence-electron chi connectivity index (χ2n) is 7.11. The van der Waals surface area contributed by atoms with Gasteiger partial charge < -0.3 is 9.64 Å². The van der Waals surface area contributed by atoms with Gasteiger partial charge in [0.15, 0.2) is 0 Å². The molecule has 0 saturated carbocycles. The van der Waals surface area contributed by atoms with Gasteiger partial charge in [0.2, 0.25) is 0 Å². The van der Waals surface area contributed by atoms with Gasteiger partial charge in [0.1, 0.15) is 0 Å². The predicted molar refractivity (Wildman–Crippen MR) is 132 cm³/mol. The first kappa shape index (κ1) is 25.0. The summed E-state index contributed by atoms with van der Waals surface area (Å²) in [6.45, 7) is 2.10. The van der Waals surface area contributed by atoms with E-state index in [1.807, 2.05) is 0 Å². The van der Waals surface area contributed by atoms with Crippen molar-refractivity contribution in [1.29, 1.82) is 0 Å². The van der Waals surface area contributed by atoms with Crippen LogP contribution in [0.2, 0.25) is 10.0 Å². The molecule has 9 heteroatoms. The summed E-state index contributed by atoms with van der Waals surface area (Å²) in [5.74, 6) is -0.848. The zero-order chi connectivity index (χ0) is 24.7. The van der Waals surface area contributed by atoms with Crippen LogP contribution < -0.4 is 4.90 Å². The first-order valence-electron chi connectivity index (χ1n) is 10.2. The van der Waals surface area contributed by atoms with E-state index in [-0.39, 0.29) is 24.7 Å². The van der Waals surface area contributed by atoms with Gasteiger partial charge in [0.25, 0.3) is 11.6 Å². The van der Waals surface area contributed by atoms with Crippen LogP contribution in [0.4, 0.5) is 11.4 Å². The molecule has 0 unspecified atom stereocenters. The highest BCUT2D eigenvalue weighted by Crippen LogP contribution is 2.26. The average Bonchev–Trinajstić information content (AvgIpc) is 2.82. The molecule has 0 saturated heterocycles. The Kier molecular flexibility index (Phi) is 8.40. The van der Waals surface area contributed by atoms with Crippen molar-refractivity contribution >= 4 is 52.5 Å². The molecule has 7 nitrogen and oxygen atoms in total. The Morgan fingerprint density at radius 2 is 1.79 bits per heavy atom. The first-order chi connectivity index (χ1) is 16.3. The minimum atomic E-state index is -0.501. The van der Waals surface area contributed by atoms with Crippen molar-refractivity contribution in [2.45, 2.75) is 13.5 Å². The summed E-state index contributed by atoms with van der Waals surface area (Å²) in [6, 6.07) is 17.3. The Hall–Kier alpha value is -3.68. The fourth-order valence-electron chi connectivity index (χ4n) is 3.11. The smallest absolute Gasteiger partial charge is 0.338 e. The molecule has 0 bridgehead atoms. The predicted octanol–water partition coefficient (Wildman–Crippen LogP) is 6.32. The molecular weight excluding hydrogens is 479 g/mol. The fourth-order valence-corrected chi connectivity index (χ4v) is 3.58. The van der Waals surface area contributed by atoms with Crippen molar-refractivity contribution in [2.75, 3.05) is 11.5 Å². The Labute approximate surface area is 206 Å². The number of anilines is 1. The van der Waals surface area contributed by atoms with Crippen LogP contribution in [0.25, 0.3) is 6.08 Å². The van der Waals surface area contributed by atoms with Crippen LogP contribution in [0.3, 0.4) is 0 Å². The molecule has 0 radical (unpaired) electrons. The van der Waals surface area contributed by atoms with Crippen molar-refractivity contribution in [3.8, 4) is 0 Å². The van der Waals surface area contributed by atoms with E-state index in [1.165, 1.54) is 29.2 Å². The highest BCUT2D eigenvalue weighted by atomic mass is 35.5. The molecule has 34 heavy (non-hydrogen) atoms. The van der Waals surface area contributed by atoms with Gasteiger partial charge in [-0.15, -0.1) is 0 Å². The number of halogens is 2. The van der Waals surface area contributed by atoms with Crippen LogP contribution >= 0.6 is 23.2 Å². The third kappa shape index (κ3) is 6.43. The summed E-state index contributed by atoms with van der Waals surface area (Å²) in [5.41, 5.74) is 1.97. The third-order valence-electron chi connectivity index (χ3n) is 4.80. The quantitative estimate of drug-likeness (QED) is 0.157. The maximum absolute atomic E-state index is 13.2. The molecule has 0 aliphatic rings. The lowest BCUT2D eigenvalue weighted by Crippen LogP contribution is -2.29. The fraction of sp³-hybridized carbons (Fsp3) is 0.120. The number of carbonyl (C=O) groups excluding carboxylic acids is 2. The van der Waals surface area contributed by atoms with E-state index in [0.29, 0.717) is 32.4 Å². The number of hydrogen-bond donors (Lipinski definition) is 0. The van der Waals surface area contributed by atoms with Crippen LogP contribution in [0.15, 0.2) is 72.8 Å². The summed E-state index contributed by atoms with van der Waals surface area (Å²) in [5, 5.41) is 11.9.